The molecule has 3 N–H and O–H groups in total. The van der Waals surface area contributed by atoms with Crippen LogP contribution in [0.5, 0.6) is 5.75 Å². The van der Waals surface area contributed by atoms with E-state index >= 15 is 0 Å². The third-order valence-corrected chi connectivity index (χ3v) is 5.60. The standard InChI is InChI=1S/C21H29N5O4/c1-24(2)19(28)14-11-8-12-15(18(14)27)23-17-16(22-13-9-6-5-7-10-13)20(29)25(3)26(4)21(17)30/h8,11-13,22-23,27H,5-7,9-10H2,1-4H3. The van der Waals surface area contributed by atoms with Gasteiger partial charge in [-0.05, 0) is 25.0 Å². The molecular formula is C21H29N5O4. The van der Waals surface area contributed by atoms with Crippen LogP contribution in [0.25, 0.3) is 0 Å². The monoisotopic (exact) mass is 415 g/mol. The van der Waals surface area contributed by atoms with E-state index in [9.17, 15) is 19.5 Å². The molecule has 0 spiro atoms. The molecule has 1 aliphatic carbocycles. The van der Waals surface area contributed by atoms with Crippen molar-refractivity contribution in [2.75, 3.05) is 24.7 Å². The van der Waals surface area contributed by atoms with E-state index in [0.29, 0.717) is 0 Å². The number of carbonyl (C=O) groups excluding carboxylic acids is 1. The smallest absolute Gasteiger partial charge is 0.290 e. The second-order valence-corrected chi connectivity index (χ2v) is 7.91. The molecule has 1 aromatic carbocycles. The van der Waals surface area contributed by atoms with E-state index in [4.69, 9.17) is 0 Å². The van der Waals surface area contributed by atoms with Gasteiger partial charge in [-0.25, -0.2) is 9.36 Å². The molecule has 3 rings (SSSR count). The lowest BCUT2D eigenvalue weighted by molar-refractivity contribution is 0.0824. The van der Waals surface area contributed by atoms with Gasteiger partial charge in [0.2, 0.25) is 0 Å². The van der Waals surface area contributed by atoms with E-state index in [1.54, 1.807) is 26.2 Å². The van der Waals surface area contributed by atoms with Gasteiger partial charge in [0.25, 0.3) is 17.0 Å². The number of nitrogens with one attached hydrogen (secondary N) is 2. The second kappa shape index (κ2) is 8.64. The third kappa shape index (κ3) is 4.05. The molecule has 162 valence electrons. The summed E-state index contributed by atoms with van der Waals surface area (Å²) < 4.78 is 2.47. The lowest BCUT2D eigenvalue weighted by atomic mass is 9.95. The molecule has 0 bridgehead atoms. The van der Waals surface area contributed by atoms with Gasteiger partial charge in [-0.1, -0.05) is 25.3 Å². The van der Waals surface area contributed by atoms with E-state index in [-0.39, 0.29) is 45.9 Å². The molecular weight excluding hydrogens is 386 g/mol. The first-order valence-electron chi connectivity index (χ1n) is 10.1. The summed E-state index contributed by atoms with van der Waals surface area (Å²) in [5.41, 5.74) is -0.247. The lowest BCUT2D eigenvalue weighted by Gasteiger charge is -2.25. The van der Waals surface area contributed by atoms with Gasteiger partial charge in [-0.3, -0.25) is 14.4 Å². The molecule has 1 fully saturated rings. The lowest BCUT2D eigenvalue weighted by Crippen LogP contribution is -2.39. The van der Waals surface area contributed by atoms with Gasteiger partial charge in [-0.15, -0.1) is 0 Å². The van der Waals surface area contributed by atoms with Crippen LogP contribution >= 0.6 is 0 Å². The number of hydrogen-bond acceptors (Lipinski definition) is 6. The number of benzene rings is 1. The minimum atomic E-state index is -0.417. The molecule has 0 atom stereocenters. The number of nitrogens with zero attached hydrogens (tertiary/aromatic N) is 3. The van der Waals surface area contributed by atoms with Crippen molar-refractivity contribution in [2.45, 2.75) is 38.1 Å². The number of amides is 1. The Morgan fingerprint density at radius 2 is 1.63 bits per heavy atom. The molecule has 0 aliphatic heterocycles. The van der Waals surface area contributed by atoms with Crippen molar-refractivity contribution in [1.82, 2.24) is 14.3 Å². The predicted octanol–water partition coefficient (Wildman–Crippen LogP) is 1.98. The van der Waals surface area contributed by atoms with Crippen LogP contribution in [0.1, 0.15) is 42.5 Å². The van der Waals surface area contributed by atoms with Crippen molar-refractivity contribution in [1.29, 1.82) is 0 Å². The Kier molecular flexibility index (Phi) is 6.19. The molecule has 0 saturated heterocycles. The van der Waals surface area contributed by atoms with Crippen LogP contribution in [0.15, 0.2) is 27.8 Å². The molecule has 1 saturated carbocycles. The van der Waals surface area contributed by atoms with E-state index in [1.807, 2.05) is 0 Å². The van der Waals surface area contributed by atoms with Gasteiger partial charge in [-0.2, -0.15) is 0 Å². The highest BCUT2D eigenvalue weighted by atomic mass is 16.3. The summed E-state index contributed by atoms with van der Waals surface area (Å²) in [6, 6.07) is 4.78. The van der Waals surface area contributed by atoms with Crippen LogP contribution in [0, 0.1) is 0 Å². The Bertz CT molecular complexity index is 1060. The summed E-state index contributed by atoms with van der Waals surface area (Å²) in [7, 11) is 6.22. The van der Waals surface area contributed by atoms with Crippen LogP contribution < -0.4 is 21.8 Å². The van der Waals surface area contributed by atoms with Gasteiger partial charge in [0.05, 0.1) is 11.3 Å². The fourth-order valence-corrected chi connectivity index (χ4v) is 3.70. The Morgan fingerprint density at radius 1 is 1.03 bits per heavy atom. The zero-order chi connectivity index (χ0) is 22.0. The molecule has 1 aliphatic rings. The maximum absolute atomic E-state index is 13.0. The molecule has 9 nitrogen and oxygen atoms in total. The highest BCUT2D eigenvalue weighted by Crippen LogP contribution is 2.32. The number of carbonyl (C=O) groups is 1. The van der Waals surface area contributed by atoms with E-state index < -0.39 is 5.56 Å². The number of rotatable bonds is 5. The Hall–Kier alpha value is -3.23. The number of hydrogen-bond donors (Lipinski definition) is 3. The maximum atomic E-state index is 13.0. The number of para-hydroxylation sites is 1. The van der Waals surface area contributed by atoms with Crippen molar-refractivity contribution in [3.05, 3.63) is 44.5 Å². The molecule has 1 heterocycles. The van der Waals surface area contributed by atoms with Crippen LogP contribution in [0.3, 0.4) is 0 Å². The Morgan fingerprint density at radius 3 is 2.23 bits per heavy atom. The van der Waals surface area contributed by atoms with Gasteiger partial charge in [0, 0.05) is 34.2 Å². The normalized spacial score (nSPS) is 14.4. The third-order valence-electron chi connectivity index (χ3n) is 5.60. The number of aromatic hydroxyl groups is 1. The fraction of sp³-hybridized carbons (Fsp3) is 0.476. The first-order valence-corrected chi connectivity index (χ1v) is 10.1. The topological polar surface area (TPSA) is 109 Å². The SMILES string of the molecule is CN(C)C(=O)c1cccc(Nc2c(NC3CCCCC3)c(=O)n(C)n(C)c2=O)c1O. The summed E-state index contributed by atoms with van der Waals surface area (Å²) in [5, 5.41) is 16.8. The highest BCUT2D eigenvalue weighted by Gasteiger charge is 2.23. The summed E-state index contributed by atoms with van der Waals surface area (Å²) in [6.07, 6.45) is 5.16. The molecule has 0 unspecified atom stereocenters. The number of anilines is 3. The second-order valence-electron chi connectivity index (χ2n) is 7.91. The average Bonchev–Trinajstić information content (AvgIpc) is 2.74. The largest absolute Gasteiger partial charge is 0.505 e. The summed E-state index contributed by atoms with van der Waals surface area (Å²) in [4.78, 5) is 39.6. The predicted molar refractivity (Wildman–Crippen MR) is 117 cm³/mol. The quantitative estimate of drug-likeness (QED) is 0.645. The summed E-state index contributed by atoms with van der Waals surface area (Å²) in [5.74, 6) is -0.642. The molecule has 1 amide bonds. The number of aromatic nitrogens is 2. The Labute approximate surface area is 174 Å². The Balaban J connectivity index is 2.08. The molecule has 9 heteroatoms. The zero-order valence-electron chi connectivity index (χ0n) is 17.9. The van der Waals surface area contributed by atoms with Crippen LogP contribution in [-0.4, -0.2) is 45.4 Å². The zero-order valence-corrected chi connectivity index (χ0v) is 17.9. The highest BCUT2D eigenvalue weighted by molar-refractivity contribution is 5.98. The van der Waals surface area contributed by atoms with Gasteiger partial charge < -0.3 is 20.6 Å². The molecule has 30 heavy (non-hydrogen) atoms. The van der Waals surface area contributed by atoms with Crippen molar-refractivity contribution in [2.24, 2.45) is 14.1 Å². The van der Waals surface area contributed by atoms with E-state index in [1.165, 1.54) is 40.8 Å². The molecule has 0 radical (unpaired) electrons. The van der Waals surface area contributed by atoms with Crippen molar-refractivity contribution in [3.8, 4) is 5.75 Å². The van der Waals surface area contributed by atoms with Crippen molar-refractivity contribution >= 4 is 23.0 Å². The fourth-order valence-electron chi connectivity index (χ4n) is 3.70. The van der Waals surface area contributed by atoms with Crippen LogP contribution in [-0.2, 0) is 14.1 Å². The first-order chi connectivity index (χ1) is 14.2. The molecule has 2 aromatic rings. The first kappa shape index (κ1) is 21.5. The van der Waals surface area contributed by atoms with Crippen molar-refractivity contribution in [3.63, 3.8) is 0 Å². The van der Waals surface area contributed by atoms with Gasteiger partial charge >= 0.3 is 0 Å². The van der Waals surface area contributed by atoms with Gasteiger partial charge in [0.15, 0.2) is 5.75 Å². The number of phenolic OH excluding ortho intramolecular Hbond substituents is 1. The van der Waals surface area contributed by atoms with Gasteiger partial charge in [0.1, 0.15) is 11.4 Å². The van der Waals surface area contributed by atoms with Crippen LogP contribution in [0.4, 0.5) is 17.1 Å². The van der Waals surface area contributed by atoms with Crippen molar-refractivity contribution < 1.29 is 9.90 Å². The average molecular weight is 415 g/mol. The van der Waals surface area contributed by atoms with E-state index in [2.05, 4.69) is 10.6 Å². The maximum Gasteiger partial charge on any atom is 0.290 e. The van der Waals surface area contributed by atoms with E-state index in [0.717, 1.165) is 25.7 Å². The minimum Gasteiger partial charge on any atom is -0.505 e. The minimum absolute atomic E-state index is 0.0518. The number of phenols is 1. The summed E-state index contributed by atoms with van der Waals surface area (Å²) in [6.45, 7) is 0. The molecule has 1 aromatic heterocycles. The summed E-state index contributed by atoms with van der Waals surface area (Å²) >= 11 is 0. The van der Waals surface area contributed by atoms with Crippen LogP contribution in [0.2, 0.25) is 0 Å².